The van der Waals surface area contributed by atoms with Gasteiger partial charge in [-0.25, -0.2) is 8.78 Å². The van der Waals surface area contributed by atoms with E-state index in [1.807, 2.05) is 32.2 Å². The van der Waals surface area contributed by atoms with Gasteiger partial charge in [0.2, 0.25) is 0 Å². The van der Waals surface area contributed by atoms with Gasteiger partial charge in [0.15, 0.2) is 0 Å². The number of alkyl halides is 2. The zero-order chi connectivity index (χ0) is 21.3. The summed E-state index contributed by atoms with van der Waals surface area (Å²) in [6, 6.07) is 6.62. The Balaban J connectivity index is 1.86. The number of halogens is 2. The Hall–Kier alpha value is -2.47. The molecule has 0 radical (unpaired) electrons. The summed E-state index contributed by atoms with van der Waals surface area (Å²) in [5.74, 6) is -2.95. The first-order valence-electron chi connectivity index (χ1n) is 9.46. The number of carboxylic acids is 1. The van der Waals surface area contributed by atoms with Gasteiger partial charge < -0.3 is 9.84 Å². The second kappa shape index (κ2) is 8.11. The Labute approximate surface area is 172 Å². The third-order valence-corrected chi connectivity index (χ3v) is 6.40. The van der Waals surface area contributed by atoms with E-state index in [4.69, 9.17) is 9.84 Å². The van der Waals surface area contributed by atoms with Crippen LogP contribution < -0.4 is 4.74 Å². The Bertz CT molecular complexity index is 1070. The average Bonchev–Trinajstić information content (AvgIpc) is 3.08. The van der Waals surface area contributed by atoms with E-state index in [1.165, 1.54) is 30.4 Å². The van der Waals surface area contributed by atoms with E-state index in [2.05, 4.69) is 0 Å². The number of hydrogen-bond donors (Lipinski definition) is 1. The van der Waals surface area contributed by atoms with Gasteiger partial charge in [-0.1, -0.05) is 19.1 Å². The second-order valence-electron chi connectivity index (χ2n) is 7.34. The highest BCUT2D eigenvalue weighted by Crippen LogP contribution is 2.38. The van der Waals surface area contributed by atoms with Gasteiger partial charge in [-0.15, -0.1) is 11.3 Å². The number of benzene rings is 2. The molecule has 0 saturated heterocycles. The molecule has 3 nitrogen and oxygen atoms in total. The minimum absolute atomic E-state index is 0.00553. The summed E-state index contributed by atoms with van der Waals surface area (Å²) in [5, 5.41) is 12.0. The SMILES string of the molecule is CCC(F)(F)c1ccc(COc2cc(C)c3c(CC(=O)O)csc3c2C)c(C)c1. The van der Waals surface area contributed by atoms with Crippen molar-refractivity contribution in [1.29, 1.82) is 0 Å². The molecule has 0 saturated carbocycles. The molecule has 6 heteroatoms. The maximum absolute atomic E-state index is 13.9. The number of fused-ring (bicyclic) bond motifs is 1. The third kappa shape index (κ3) is 4.27. The van der Waals surface area contributed by atoms with E-state index in [0.717, 1.165) is 43.7 Å². The van der Waals surface area contributed by atoms with Crippen LogP contribution in [0.4, 0.5) is 8.78 Å². The number of carboxylic acid groups (broad SMARTS) is 1. The number of hydrogen-bond acceptors (Lipinski definition) is 3. The van der Waals surface area contributed by atoms with Crippen molar-refractivity contribution < 1.29 is 23.4 Å². The van der Waals surface area contributed by atoms with E-state index in [0.29, 0.717) is 0 Å². The smallest absolute Gasteiger partial charge is 0.307 e. The van der Waals surface area contributed by atoms with Gasteiger partial charge in [0.1, 0.15) is 12.4 Å². The van der Waals surface area contributed by atoms with Crippen LogP contribution in [0.1, 0.15) is 46.7 Å². The number of aryl methyl sites for hydroxylation is 3. The molecule has 0 aliphatic carbocycles. The van der Waals surface area contributed by atoms with Gasteiger partial charge in [0, 0.05) is 22.2 Å². The predicted molar refractivity (Wildman–Crippen MR) is 112 cm³/mol. The van der Waals surface area contributed by atoms with Gasteiger partial charge in [0.05, 0.1) is 6.42 Å². The molecule has 0 atom stereocenters. The molecular weight excluding hydrogens is 394 g/mol. The predicted octanol–water partition coefficient (Wildman–Crippen LogP) is 6.53. The van der Waals surface area contributed by atoms with Crippen molar-refractivity contribution in [3.05, 3.63) is 63.0 Å². The summed E-state index contributed by atoms with van der Waals surface area (Å²) in [4.78, 5) is 11.1. The molecule has 0 spiro atoms. The van der Waals surface area contributed by atoms with Crippen molar-refractivity contribution in [2.75, 3.05) is 0 Å². The molecule has 0 unspecified atom stereocenters. The standard InChI is InChI=1S/C23H24F2O3S/c1-5-23(24,25)18-7-6-16(13(2)8-18)11-28-19-9-14(3)21-17(10-20(26)27)12-29-22(21)15(19)4/h6-9,12H,5,10-11H2,1-4H3,(H,26,27). The Morgan fingerprint density at radius 1 is 1.14 bits per heavy atom. The van der Waals surface area contributed by atoms with Crippen molar-refractivity contribution in [3.63, 3.8) is 0 Å². The highest BCUT2D eigenvalue weighted by atomic mass is 32.1. The van der Waals surface area contributed by atoms with Gasteiger partial charge in [-0.2, -0.15) is 0 Å². The first-order chi connectivity index (χ1) is 13.6. The fourth-order valence-corrected chi connectivity index (χ4v) is 4.63. The van der Waals surface area contributed by atoms with Gasteiger partial charge in [0.25, 0.3) is 5.92 Å². The minimum Gasteiger partial charge on any atom is -0.489 e. The Kier molecular flexibility index (Phi) is 5.94. The highest BCUT2D eigenvalue weighted by molar-refractivity contribution is 7.17. The van der Waals surface area contributed by atoms with Crippen LogP contribution >= 0.6 is 11.3 Å². The van der Waals surface area contributed by atoms with E-state index in [1.54, 1.807) is 6.07 Å². The lowest BCUT2D eigenvalue weighted by atomic mass is 10.00. The largest absolute Gasteiger partial charge is 0.489 e. The molecular formula is C23H24F2O3S. The van der Waals surface area contributed by atoms with Gasteiger partial charge >= 0.3 is 5.97 Å². The van der Waals surface area contributed by atoms with Gasteiger partial charge in [-0.05, 0) is 65.9 Å². The van der Waals surface area contributed by atoms with Crippen LogP contribution in [-0.2, 0) is 23.7 Å². The van der Waals surface area contributed by atoms with Crippen LogP contribution in [0.3, 0.4) is 0 Å². The number of carbonyl (C=O) groups is 1. The molecule has 0 aliphatic rings. The van der Waals surface area contributed by atoms with E-state index >= 15 is 0 Å². The topological polar surface area (TPSA) is 46.5 Å². The van der Waals surface area contributed by atoms with E-state index in [-0.39, 0.29) is 25.0 Å². The average molecular weight is 419 g/mol. The lowest BCUT2D eigenvalue weighted by Crippen LogP contribution is -2.12. The molecule has 3 rings (SSSR count). The number of thiophene rings is 1. The number of ether oxygens (including phenoxy) is 1. The Morgan fingerprint density at radius 2 is 1.86 bits per heavy atom. The van der Waals surface area contributed by atoms with Crippen LogP contribution in [0.5, 0.6) is 5.75 Å². The van der Waals surface area contributed by atoms with Crippen molar-refractivity contribution in [2.24, 2.45) is 0 Å². The first kappa shape index (κ1) is 21.2. The molecule has 0 fully saturated rings. The maximum atomic E-state index is 13.9. The summed E-state index contributed by atoms with van der Waals surface area (Å²) in [5.41, 5.74) is 4.39. The first-order valence-corrected chi connectivity index (χ1v) is 10.3. The van der Waals surface area contributed by atoms with Crippen LogP contribution in [0.15, 0.2) is 29.6 Å². The normalized spacial score (nSPS) is 11.8. The van der Waals surface area contributed by atoms with Crippen molar-refractivity contribution >= 4 is 27.4 Å². The molecule has 29 heavy (non-hydrogen) atoms. The van der Waals surface area contributed by atoms with Crippen LogP contribution in [0, 0.1) is 20.8 Å². The quantitative estimate of drug-likeness (QED) is 0.474. The van der Waals surface area contributed by atoms with Crippen molar-refractivity contribution in [3.8, 4) is 5.75 Å². The van der Waals surface area contributed by atoms with E-state index in [9.17, 15) is 13.6 Å². The van der Waals surface area contributed by atoms with Crippen LogP contribution in [0.2, 0.25) is 0 Å². The zero-order valence-corrected chi connectivity index (χ0v) is 17.8. The summed E-state index contributed by atoms with van der Waals surface area (Å²) in [6.07, 6.45) is -0.236. The molecule has 1 aromatic heterocycles. The summed E-state index contributed by atoms with van der Waals surface area (Å²) in [7, 11) is 0. The zero-order valence-electron chi connectivity index (χ0n) is 16.9. The molecule has 0 bridgehead atoms. The lowest BCUT2D eigenvalue weighted by molar-refractivity contribution is -0.136. The number of rotatable bonds is 7. The highest BCUT2D eigenvalue weighted by Gasteiger charge is 2.29. The van der Waals surface area contributed by atoms with Crippen LogP contribution in [-0.4, -0.2) is 11.1 Å². The lowest BCUT2D eigenvalue weighted by Gasteiger charge is -2.17. The summed E-state index contributed by atoms with van der Waals surface area (Å²) in [6.45, 7) is 7.46. The second-order valence-corrected chi connectivity index (χ2v) is 8.22. The molecule has 154 valence electrons. The van der Waals surface area contributed by atoms with E-state index < -0.39 is 11.9 Å². The van der Waals surface area contributed by atoms with Gasteiger partial charge in [-0.3, -0.25) is 4.79 Å². The molecule has 1 N–H and O–H groups in total. The molecule has 0 amide bonds. The van der Waals surface area contributed by atoms with Crippen LogP contribution in [0.25, 0.3) is 10.1 Å². The monoisotopic (exact) mass is 418 g/mol. The third-order valence-electron chi connectivity index (χ3n) is 5.25. The number of aliphatic carboxylic acids is 1. The fraction of sp³-hybridized carbons (Fsp3) is 0.348. The fourth-order valence-electron chi connectivity index (χ4n) is 3.48. The minimum atomic E-state index is -2.82. The van der Waals surface area contributed by atoms with Crippen molar-refractivity contribution in [2.45, 2.75) is 53.1 Å². The summed E-state index contributed by atoms with van der Waals surface area (Å²) >= 11 is 1.52. The summed E-state index contributed by atoms with van der Waals surface area (Å²) < 4.78 is 34.9. The molecule has 3 aromatic rings. The molecule has 0 aliphatic heterocycles. The molecule has 1 heterocycles. The maximum Gasteiger partial charge on any atom is 0.307 e. The Morgan fingerprint density at radius 3 is 2.48 bits per heavy atom. The van der Waals surface area contributed by atoms with Crippen molar-refractivity contribution in [1.82, 2.24) is 0 Å². The molecule has 2 aromatic carbocycles.